The highest BCUT2D eigenvalue weighted by atomic mass is 19.4. The number of esters is 1. The van der Waals surface area contributed by atoms with Crippen LogP contribution in [0, 0.1) is 0 Å². The number of allylic oxidation sites excluding steroid dienone is 1. The maximum Gasteiger partial charge on any atom is 0.416 e. The molecule has 0 fully saturated rings. The average molecular weight is 508 g/mol. The first-order chi connectivity index (χ1) is 17.7. The van der Waals surface area contributed by atoms with E-state index in [1.807, 2.05) is 42.5 Å². The zero-order valence-electron chi connectivity index (χ0n) is 20.2. The van der Waals surface area contributed by atoms with Gasteiger partial charge in [0.05, 0.1) is 12.2 Å². The standard InChI is InChI=1S/C29H24F3NO4/c1-3-35-26(34)16-19(2)22-10-7-11-24(17-22)36-18-25-27(20-8-5-4-6-9-20)37-28(33-25)21-12-14-23(15-13-21)29(30,31)32/h4-17H,3,18H2,1-2H3/b19-16+. The number of hydrogen-bond acceptors (Lipinski definition) is 5. The fraction of sp³-hybridized carbons (Fsp3) is 0.172. The minimum atomic E-state index is -4.43. The van der Waals surface area contributed by atoms with Crippen LogP contribution in [0.15, 0.2) is 89.4 Å². The van der Waals surface area contributed by atoms with E-state index in [4.69, 9.17) is 13.9 Å². The van der Waals surface area contributed by atoms with Gasteiger partial charge in [-0.2, -0.15) is 13.2 Å². The first kappa shape index (κ1) is 25.8. The highest BCUT2D eigenvalue weighted by Crippen LogP contribution is 2.34. The van der Waals surface area contributed by atoms with Gasteiger partial charge >= 0.3 is 12.1 Å². The molecule has 0 amide bonds. The van der Waals surface area contributed by atoms with Gasteiger partial charge in [-0.25, -0.2) is 9.78 Å². The zero-order chi connectivity index (χ0) is 26.4. The number of benzene rings is 3. The Hall–Kier alpha value is -4.33. The number of rotatable bonds is 8. The summed E-state index contributed by atoms with van der Waals surface area (Å²) in [5, 5.41) is 0. The van der Waals surface area contributed by atoms with E-state index in [-0.39, 0.29) is 12.5 Å². The summed E-state index contributed by atoms with van der Waals surface area (Å²) >= 11 is 0. The molecule has 5 nitrogen and oxygen atoms in total. The van der Waals surface area contributed by atoms with E-state index < -0.39 is 17.7 Å². The first-order valence-electron chi connectivity index (χ1n) is 11.6. The van der Waals surface area contributed by atoms with Crippen molar-refractivity contribution in [1.82, 2.24) is 4.98 Å². The van der Waals surface area contributed by atoms with Crippen LogP contribution in [0.25, 0.3) is 28.4 Å². The number of nitrogens with zero attached hydrogens (tertiary/aromatic N) is 1. The Morgan fingerprint density at radius 2 is 1.70 bits per heavy atom. The van der Waals surface area contributed by atoms with E-state index in [1.165, 1.54) is 18.2 Å². The van der Waals surface area contributed by atoms with Crippen molar-refractivity contribution in [3.63, 3.8) is 0 Å². The Bertz CT molecular complexity index is 1390. The van der Waals surface area contributed by atoms with Gasteiger partial charge in [-0.15, -0.1) is 0 Å². The molecule has 0 unspecified atom stereocenters. The SMILES string of the molecule is CCOC(=O)/C=C(\C)c1cccc(OCc2nc(-c3ccc(C(F)(F)F)cc3)oc2-c2ccccc2)c1. The molecule has 1 heterocycles. The molecule has 8 heteroatoms. The van der Waals surface area contributed by atoms with Gasteiger partial charge in [-0.05, 0) is 61.4 Å². The summed E-state index contributed by atoms with van der Waals surface area (Å²) in [7, 11) is 0. The monoisotopic (exact) mass is 507 g/mol. The second-order valence-electron chi connectivity index (χ2n) is 8.13. The normalized spacial score (nSPS) is 11.9. The fourth-order valence-corrected chi connectivity index (χ4v) is 3.62. The molecule has 0 aliphatic rings. The van der Waals surface area contributed by atoms with Crippen LogP contribution < -0.4 is 4.74 Å². The maximum atomic E-state index is 13.0. The minimum absolute atomic E-state index is 0.0540. The lowest BCUT2D eigenvalue weighted by atomic mass is 10.1. The molecule has 1 aromatic heterocycles. The minimum Gasteiger partial charge on any atom is -0.487 e. The number of carbonyl (C=O) groups excluding carboxylic acids is 1. The second-order valence-corrected chi connectivity index (χ2v) is 8.13. The van der Waals surface area contributed by atoms with Gasteiger partial charge in [-0.3, -0.25) is 0 Å². The van der Waals surface area contributed by atoms with Crippen LogP contribution in [0.4, 0.5) is 13.2 Å². The number of alkyl halides is 3. The number of carbonyl (C=O) groups is 1. The average Bonchev–Trinajstić information content (AvgIpc) is 3.32. The van der Waals surface area contributed by atoms with Gasteiger partial charge in [0.1, 0.15) is 18.1 Å². The molecular formula is C29H24F3NO4. The van der Waals surface area contributed by atoms with Crippen LogP contribution >= 0.6 is 0 Å². The smallest absolute Gasteiger partial charge is 0.416 e. The predicted octanol–water partition coefficient (Wildman–Crippen LogP) is 7.57. The molecule has 190 valence electrons. The predicted molar refractivity (Wildman–Crippen MR) is 133 cm³/mol. The summed E-state index contributed by atoms with van der Waals surface area (Å²) in [6, 6.07) is 21.2. The Labute approximate surface area is 212 Å². The highest BCUT2D eigenvalue weighted by molar-refractivity contribution is 5.91. The van der Waals surface area contributed by atoms with Gasteiger partial charge in [0, 0.05) is 17.2 Å². The van der Waals surface area contributed by atoms with Crippen LogP contribution in [-0.4, -0.2) is 17.6 Å². The van der Waals surface area contributed by atoms with Gasteiger partial charge in [0.25, 0.3) is 0 Å². The molecule has 0 saturated heterocycles. The van der Waals surface area contributed by atoms with Crippen molar-refractivity contribution in [3.8, 4) is 28.5 Å². The van der Waals surface area contributed by atoms with Crippen LogP contribution in [-0.2, 0) is 22.3 Å². The van der Waals surface area contributed by atoms with Crippen molar-refractivity contribution in [2.24, 2.45) is 0 Å². The molecule has 0 aliphatic carbocycles. The molecule has 0 bridgehead atoms. The van der Waals surface area contributed by atoms with Gasteiger partial charge in [-0.1, -0.05) is 42.5 Å². The van der Waals surface area contributed by atoms with Crippen molar-refractivity contribution < 1.29 is 31.9 Å². The van der Waals surface area contributed by atoms with E-state index >= 15 is 0 Å². The molecule has 0 atom stereocenters. The number of oxazole rings is 1. The third-order valence-corrected chi connectivity index (χ3v) is 5.48. The topological polar surface area (TPSA) is 61.6 Å². The summed E-state index contributed by atoms with van der Waals surface area (Å²) < 4.78 is 55.9. The Morgan fingerprint density at radius 3 is 2.38 bits per heavy atom. The quantitative estimate of drug-likeness (QED) is 0.182. The van der Waals surface area contributed by atoms with Crippen molar-refractivity contribution in [2.75, 3.05) is 6.61 Å². The number of halogens is 3. The largest absolute Gasteiger partial charge is 0.487 e. The van der Waals surface area contributed by atoms with E-state index in [2.05, 4.69) is 4.98 Å². The van der Waals surface area contributed by atoms with Crippen molar-refractivity contribution in [2.45, 2.75) is 26.6 Å². The van der Waals surface area contributed by atoms with Crippen LogP contribution in [0.2, 0.25) is 0 Å². The molecule has 0 spiro atoms. The summed E-state index contributed by atoms with van der Waals surface area (Å²) in [6.07, 6.45) is -3.01. The summed E-state index contributed by atoms with van der Waals surface area (Å²) in [5.41, 5.74) is 2.43. The molecule has 4 aromatic rings. The third kappa shape index (κ3) is 6.46. The van der Waals surface area contributed by atoms with E-state index in [0.717, 1.165) is 28.8 Å². The molecule has 0 radical (unpaired) electrons. The molecule has 0 saturated carbocycles. The molecular weight excluding hydrogens is 483 g/mol. The van der Waals surface area contributed by atoms with Gasteiger partial charge < -0.3 is 13.9 Å². The maximum absolute atomic E-state index is 13.0. The lowest BCUT2D eigenvalue weighted by Crippen LogP contribution is -2.04. The van der Waals surface area contributed by atoms with Gasteiger partial charge in [0.2, 0.25) is 5.89 Å². The Kier molecular flexibility index (Phi) is 7.77. The van der Waals surface area contributed by atoms with Crippen LogP contribution in [0.1, 0.15) is 30.7 Å². The molecule has 0 aliphatic heterocycles. The lowest BCUT2D eigenvalue weighted by molar-refractivity contribution is -0.138. The molecule has 37 heavy (non-hydrogen) atoms. The molecule has 0 N–H and O–H groups in total. The van der Waals surface area contributed by atoms with Crippen molar-refractivity contribution >= 4 is 11.5 Å². The fourth-order valence-electron chi connectivity index (χ4n) is 3.62. The van der Waals surface area contributed by atoms with Gasteiger partial charge in [0.15, 0.2) is 5.76 Å². The Morgan fingerprint density at radius 1 is 0.973 bits per heavy atom. The number of ether oxygens (including phenoxy) is 2. The van der Waals surface area contributed by atoms with E-state index in [9.17, 15) is 18.0 Å². The highest BCUT2D eigenvalue weighted by Gasteiger charge is 2.30. The third-order valence-electron chi connectivity index (χ3n) is 5.48. The van der Waals surface area contributed by atoms with E-state index in [0.29, 0.717) is 29.4 Å². The summed E-state index contributed by atoms with van der Waals surface area (Å²) in [4.78, 5) is 16.3. The zero-order valence-corrected chi connectivity index (χ0v) is 20.2. The number of aromatic nitrogens is 1. The van der Waals surface area contributed by atoms with Crippen molar-refractivity contribution in [1.29, 1.82) is 0 Å². The second kappa shape index (κ2) is 11.2. The molecule has 3 aromatic carbocycles. The molecule has 4 rings (SSSR count). The summed E-state index contributed by atoms with van der Waals surface area (Å²) in [5.74, 6) is 0.780. The summed E-state index contributed by atoms with van der Waals surface area (Å²) in [6.45, 7) is 3.89. The number of hydrogen-bond donors (Lipinski definition) is 0. The lowest BCUT2D eigenvalue weighted by Gasteiger charge is -2.08. The van der Waals surface area contributed by atoms with E-state index in [1.54, 1.807) is 26.0 Å². The Balaban J connectivity index is 1.60. The van der Waals surface area contributed by atoms with Crippen LogP contribution in [0.3, 0.4) is 0 Å². The first-order valence-corrected chi connectivity index (χ1v) is 11.6. The van der Waals surface area contributed by atoms with Crippen molar-refractivity contribution in [3.05, 3.63) is 102 Å². The van der Waals surface area contributed by atoms with Crippen LogP contribution in [0.5, 0.6) is 5.75 Å².